The van der Waals surface area contributed by atoms with E-state index >= 15 is 0 Å². The Morgan fingerprint density at radius 2 is 2.04 bits per heavy atom. The quantitative estimate of drug-likeness (QED) is 0.840. The highest BCUT2D eigenvalue weighted by atomic mass is 16.3. The number of hydrogen-bond donors (Lipinski definition) is 2. The summed E-state index contributed by atoms with van der Waals surface area (Å²) in [4.78, 5) is 13.0. The van der Waals surface area contributed by atoms with Gasteiger partial charge in [0, 0.05) is 5.22 Å². The van der Waals surface area contributed by atoms with Crippen LogP contribution in [-0.2, 0) is 4.79 Å². The molecule has 0 aromatic heterocycles. The van der Waals surface area contributed by atoms with Gasteiger partial charge in [-0.3, -0.25) is 4.79 Å². The van der Waals surface area contributed by atoms with Crippen molar-refractivity contribution in [3.63, 3.8) is 0 Å². The third kappa shape index (κ3) is 2.44. The normalized spacial score (nSPS) is 29.4. The van der Waals surface area contributed by atoms with Gasteiger partial charge in [0.1, 0.15) is 5.41 Å². The van der Waals surface area contributed by atoms with Crippen LogP contribution in [-0.4, -0.2) is 16.6 Å². The van der Waals surface area contributed by atoms with Gasteiger partial charge in [0.15, 0.2) is 0 Å². The summed E-state index contributed by atoms with van der Waals surface area (Å²) in [6, 6.07) is 4.03. The molecule has 0 radical (unpaired) electrons. The minimum Gasteiger partial charge on any atom is -0.388 e. The molecule has 3 atom stereocenters. The van der Waals surface area contributed by atoms with Gasteiger partial charge in [-0.2, -0.15) is 10.2 Å². The molecule has 3 unspecified atom stereocenters. The van der Waals surface area contributed by atoms with E-state index in [1.807, 2.05) is 24.3 Å². The van der Waals surface area contributed by atoms with Crippen molar-refractivity contribution >= 4 is 29.4 Å². The van der Waals surface area contributed by atoms with E-state index in [1.54, 1.807) is 6.20 Å². The predicted octanol–water partition coefficient (Wildman–Crippen LogP) is 2.91. The van der Waals surface area contributed by atoms with Crippen LogP contribution in [0.25, 0.3) is 17.8 Å². The molecule has 1 aromatic carbocycles. The summed E-state index contributed by atoms with van der Waals surface area (Å²) in [6.45, 7) is 4.17. The molecule has 1 heterocycles. The first-order valence-electron chi connectivity index (χ1n) is 9.94. The van der Waals surface area contributed by atoms with E-state index in [9.17, 15) is 9.90 Å². The van der Waals surface area contributed by atoms with Crippen molar-refractivity contribution in [2.24, 2.45) is 27.3 Å². The molecule has 0 spiro atoms. The second kappa shape index (κ2) is 6.41. The number of rotatable bonds is 5. The molecule has 2 aliphatic carbocycles. The molecule has 1 amide bonds. The first kappa shape index (κ1) is 18.1. The van der Waals surface area contributed by atoms with Crippen molar-refractivity contribution < 1.29 is 9.90 Å². The molecule has 3 aliphatic rings. The fourth-order valence-corrected chi connectivity index (χ4v) is 5.36. The first-order chi connectivity index (χ1) is 12.9. The van der Waals surface area contributed by atoms with Crippen molar-refractivity contribution in [2.45, 2.75) is 58.0 Å². The number of carbonyl (C=O) groups is 1. The number of primary amides is 1. The average molecular weight is 365 g/mol. The first-order valence-corrected chi connectivity index (χ1v) is 9.94. The van der Waals surface area contributed by atoms with Crippen LogP contribution < -0.4 is 16.2 Å². The number of allylic oxidation sites excluding steroid dienone is 1. The molecule has 1 fully saturated rings. The standard InChI is InChI=1S/C22H27N3O2/c1-3-6-14(2)22(27)10-5-4-9-21(22,20(23)26)18-8-7-15-12-19-16(11-17(15)18)13-24-25-19/h7-8,11-14,27H,3-6,9-10H2,1-2H3,(H2,23,26). The fourth-order valence-electron chi connectivity index (χ4n) is 5.36. The minimum atomic E-state index is -1.13. The van der Waals surface area contributed by atoms with Crippen LogP contribution in [0.4, 0.5) is 5.69 Å². The Bertz CT molecular complexity index is 978. The highest BCUT2D eigenvalue weighted by molar-refractivity contribution is 6.00. The van der Waals surface area contributed by atoms with Crippen LogP contribution in [0.1, 0.15) is 57.9 Å². The molecule has 27 heavy (non-hydrogen) atoms. The predicted molar refractivity (Wildman–Crippen MR) is 106 cm³/mol. The van der Waals surface area contributed by atoms with Crippen molar-refractivity contribution in [1.82, 2.24) is 0 Å². The summed E-state index contributed by atoms with van der Waals surface area (Å²) in [7, 11) is 0. The largest absolute Gasteiger partial charge is 0.388 e. The number of carbonyl (C=O) groups excluding carboxylic acids is 1. The van der Waals surface area contributed by atoms with Gasteiger partial charge in [0.2, 0.25) is 5.91 Å². The Hall–Kier alpha value is -2.27. The smallest absolute Gasteiger partial charge is 0.231 e. The van der Waals surface area contributed by atoms with E-state index in [1.165, 1.54) is 0 Å². The molecule has 5 heteroatoms. The molecule has 1 aliphatic heterocycles. The molecule has 142 valence electrons. The zero-order valence-electron chi connectivity index (χ0n) is 16.0. The van der Waals surface area contributed by atoms with E-state index in [4.69, 9.17) is 5.73 Å². The van der Waals surface area contributed by atoms with E-state index in [-0.39, 0.29) is 5.92 Å². The lowest BCUT2D eigenvalue weighted by molar-refractivity contribution is -0.156. The van der Waals surface area contributed by atoms with Crippen LogP contribution in [0.2, 0.25) is 0 Å². The number of benzene rings is 1. The van der Waals surface area contributed by atoms with E-state index in [0.717, 1.165) is 52.9 Å². The lowest BCUT2D eigenvalue weighted by Crippen LogP contribution is -2.61. The van der Waals surface area contributed by atoms with Gasteiger partial charge in [-0.25, -0.2) is 0 Å². The van der Waals surface area contributed by atoms with Gasteiger partial charge < -0.3 is 10.8 Å². The summed E-state index contributed by atoms with van der Waals surface area (Å²) < 4.78 is 0. The third-order valence-corrected chi connectivity index (χ3v) is 6.80. The molecule has 5 nitrogen and oxygen atoms in total. The summed E-state index contributed by atoms with van der Waals surface area (Å²) >= 11 is 0. The number of aliphatic hydroxyl groups is 1. The highest BCUT2D eigenvalue weighted by Crippen LogP contribution is 2.56. The molecule has 4 rings (SSSR count). The number of fused-ring (bicyclic) bond motifs is 2. The number of nitrogens with zero attached hydrogens (tertiary/aromatic N) is 2. The van der Waals surface area contributed by atoms with Crippen molar-refractivity contribution in [1.29, 1.82) is 0 Å². The van der Waals surface area contributed by atoms with Crippen LogP contribution >= 0.6 is 0 Å². The fraction of sp³-hybridized carbons (Fsp3) is 0.500. The molecular formula is C22H27N3O2. The maximum atomic E-state index is 13.0. The topological polar surface area (TPSA) is 88.0 Å². The van der Waals surface area contributed by atoms with Crippen LogP contribution in [0.5, 0.6) is 0 Å². The Labute approximate surface area is 159 Å². The summed E-state index contributed by atoms with van der Waals surface area (Å²) in [5.74, 6) is -0.426. The van der Waals surface area contributed by atoms with Gasteiger partial charge in [-0.1, -0.05) is 45.3 Å². The van der Waals surface area contributed by atoms with Gasteiger partial charge >= 0.3 is 0 Å². The summed E-state index contributed by atoms with van der Waals surface area (Å²) in [5.41, 5.74) is 6.53. The van der Waals surface area contributed by atoms with Gasteiger partial charge in [0.05, 0.1) is 17.5 Å². The van der Waals surface area contributed by atoms with E-state index in [0.29, 0.717) is 12.8 Å². The number of hydrogen-bond acceptors (Lipinski definition) is 4. The number of azo groups is 1. The maximum absolute atomic E-state index is 13.0. The molecular weight excluding hydrogens is 338 g/mol. The monoisotopic (exact) mass is 365 g/mol. The Balaban J connectivity index is 1.89. The van der Waals surface area contributed by atoms with Crippen molar-refractivity contribution in [2.75, 3.05) is 0 Å². The lowest BCUT2D eigenvalue weighted by atomic mass is 9.53. The lowest BCUT2D eigenvalue weighted by Gasteiger charge is -2.52. The summed E-state index contributed by atoms with van der Waals surface area (Å²) in [6.07, 6.45) is 10.5. The van der Waals surface area contributed by atoms with E-state index in [2.05, 4.69) is 24.1 Å². The highest BCUT2D eigenvalue weighted by Gasteiger charge is 2.60. The zero-order chi connectivity index (χ0) is 19.2. The zero-order valence-corrected chi connectivity index (χ0v) is 16.0. The van der Waals surface area contributed by atoms with Crippen molar-refractivity contribution in [3.8, 4) is 0 Å². The molecule has 3 N–H and O–H groups in total. The van der Waals surface area contributed by atoms with E-state index < -0.39 is 16.9 Å². The maximum Gasteiger partial charge on any atom is 0.231 e. The van der Waals surface area contributed by atoms with Crippen LogP contribution in [0, 0.1) is 11.3 Å². The molecule has 1 aromatic rings. The SMILES string of the molecule is CCCC(C)C1(O)CCCCC1(C(N)=O)C1=CC=c2cc3c(cc21)=CN=N3. The van der Waals surface area contributed by atoms with Gasteiger partial charge in [0.25, 0.3) is 0 Å². The van der Waals surface area contributed by atoms with Gasteiger partial charge in [-0.05, 0) is 53.7 Å². The summed E-state index contributed by atoms with van der Waals surface area (Å²) in [5, 5.41) is 22.0. The molecule has 0 bridgehead atoms. The Morgan fingerprint density at radius 1 is 1.26 bits per heavy atom. The second-order valence-corrected chi connectivity index (χ2v) is 8.18. The van der Waals surface area contributed by atoms with Crippen LogP contribution in [0.3, 0.4) is 0 Å². The Kier molecular flexibility index (Phi) is 4.30. The number of nitrogens with two attached hydrogens (primary N) is 1. The third-order valence-electron chi connectivity index (χ3n) is 6.80. The number of amides is 1. The van der Waals surface area contributed by atoms with Crippen molar-refractivity contribution in [3.05, 3.63) is 34.2 Å². The average Bonchev–Trinajstić information content (AvgIpc) is 3.26. The molecule has 0 saturated heterocycles. The minimum absolute atomic E-state index is 0.00811. The van der Waals surface area contributed by atoms with Gasteiger partial charge in [-0.15, -0.1) is 0 Å². The van der Waals surface area contributed by atoms with Crippen LogP contribution in [0.15, 0.2) is 28.4 Å². The molecule has 1 saturated carbocycles. The Morgan fingerprint density at radius 3 is 2.78 bits per heavy atom. The second-order valence-electron chi connectivity index (χ2n) is 8.18.